The summed E-state index contributed by atoms with van der Waals surface area (Å²) in [5.41, 5.74) is 3.61. The maximum absolute atomic E-state index is 13.2. The van der Waals surface area contributed by atoms with Crippen LogP contribution >= 0.6 is 0 Å². The van der Waals surface area contributed by atoms with Gasteiger partial charge in [0.1, 0.15) is 18.0 Å². The van der Waals surface area contributed by atoms with Crippen molar-refractivity contribution in [2.75, 3.05) is 26.2 Å². The van der Waals surface area contributed by atoms with E-state index in [1.165, 1.54) is 5.56 Å². The molecule has 0 radical (unpaired) electrons. The summed E-state index contributed by atoms with van der Waals surface area (Å²) in [5, 5.41) is 0. The van der Waals surface area contributed by atoms with Crippen molar-refractivity contribution in [3.05, 3.63) is 102 Å². The van der Waals surface area contributed by atoms with Crippen molar-refractivity contribution >= 4 is 11.6 Å². The molecule has 6 heteroatoms. The van der Waals surface area contributed by atoms with E-state index in [9.17, 15) is 4.79 Å². The fourth-order valence-electron chi connectivity index (χ4n) is 4.10. The second kappa shape index (κ2) is 9.24. The summed E-state index contributed by atoms with van der Waals surface area (Å²) in [7, 11) is 0. The van der Waals surface area contributed by atoms with E-state index in [0.717, 1.165) is 31.0 Å². The number of piperazine rings is 1. The number of hydrogen-bond acceptors (Lipinski definition) is 4. The summed E-state index contributed by atoms with van der Waals surface area (Å²) in [6.07, 6.45) is 3.91. The molecule has 1 amide bonds. The summed E-state index contributed by atoms with van der Waals surface area (Å²) in [5.74, 6) is 0.622. The Morgan fingerprint density at radius 3 is 2.44 bits per heavy atom. The Labute approximate surface area is 187 Å². The molecule has 1 fully saturated rings. The largest absolute Gasteiger partial charge is 0.486 e. The number of imidazole rings is 1. The highest BCUT2D eigenvalue weighted by Crippen LogP contribution is 2.22. The van der Waals surface area contributed by atoms with Gasteiger partial charge in [-0.25, -0.2) is 4.98 Å². The van der Waals surface area contributed by atoms with Crippen molar-refractivity contribution < 1.29 is 9.53 Å². The van der Waals surface area contributed by atoms with E-state index in [0.29, 0.717) is 31.0 Å². The predicted octanol–water partition coefficient (Wildman–Crippen LogP) is 3.87. The van der Waals surface area contributed by atoms with Gasteiger partial charge < -0.3 is 14.0 Å². The van der Waals surface area contributed by atoms with Gasteiger partial charge in [-0.05, 0) is 29.8 Å². The minimum Gasteiger partial charge on any atom is -0.486 e. The average molecular weight is 427 g/mol. The number of nitrogens with zero attached hydrogens (tertiary/aromatic N) is 4. The summed E-state index contributed by atoms with van der Waals surface area (Å²) < 4.78 is 7.99. The van der Waals surface area contributed by atoms with E-state index >= 15 is 0 Å². The molecule has 2 aromatic heterocycles. The lowest BCUT2D eigenvalue weighted by molar-refractivity contribution is 0.0624. The highest BCUT2D eigenvalue weighted by Gasteiger charge is 2.24. The zero-order valence-electron chi connectivity index (χ0n) is 17.9. The van der Waals surface area contributed by atoms with Gasteiger partial charge in [-0.3, -0.25) is 9.69 Å². The van der Waals surface area contributed by atoms with Crippen LogP contribution in [0.4, 0.5) is 0 Å². The molecule has 0 spiro atoms. The molecular formula is C26H26N4O2. The van der Waals surface area contributed by atoms with Gasteiger partial charge in [0, 0.05) is 45.1 Å². The number of carbonyl (C=O) groups excluding carboxylic acids is 1. The molecule has 1 aliphatic heterocycles. The highest BCUT2D eigenvalue weighted by atomic mass is 16.5. The van der Waals surface area contributed by atoms with Gasteiger partial charge in [-0.2, -0.15) is 0 Å². The Hall–Kier alpha value is -3.64. The van der Waals surface area contributed by atoms with Gasteiger partial charge in [0.05, 0.1) is 11.3 Å². The molecule has 0 N–H and O–H groups in total. The fraction of sp³-hybridized carbons (Fsp3) is 0.231. The van der Waals surface area contributed by atoms with Gasteiger partial charge in [0.25, 0.3) is 5.91 Å². The van der Waals surface area contributed by atoms with Gasteiger partial charge >= 0.3 is 0 Å². The molecule has 0 unspecified atom stereocenters. The van der Waals surface area contributed by atoms with Crippen molar-refractivity contribution in [3.63, 3.8) is 0 Å². The Kier molecular flexibility index (Phi) is 5.85. The van der Waals surface area contributed by atoms with Crippen molar-refractivity contribution in [1.82, 2.24) is 19.2 Å². The number of ether oxygens (including phenoxy) is 1. The molecule has 162 valence electrons. The molecule has 1 aliphatic rings. The second-order valence-electron chi connectivity index (χ2n) is 8.04. The molecule has 5 rings (SSSR count). The van der Waals surface area contributed by atoms with Crippen LogP contribution in [0.5, 0.6) is 5.75 Å². The topological polar surface area (TPSA) is 50.1 Å². The first-order valence-electron chi connectivity index (χ1n) is 11.0. The third-order valence-corrected chi connectivity index (χ3v) is 5.82. The molecule has 0 bridgehead atoms. The van der Waals surface area contributed by atoms with Gasteiger partial charge in [0.2, 0.25) is 0 Å². The molecule has 1 saturated heterocycles. The Morgan fingerprint density at radius 2 is 1.62 bits per heavy atom. The van der Waals surface area contributed by atoms with Crippen LogP contribution in [0.2, 0.25) is 0 Å². The minimum atomic E-state index is 0.0231. The number of rotatable bonds is 6. The number of carbonyl (C=O) groups is 1. The minimum absolute atomic E-state index is 0.0231. The molecule has 0 aliphatic carbocycles. The zero-order chi connectivity index (χ0) is 21.8. The van der Waals surface area contributed by atoms with Crippen molar-refractivity contribution in [1.29, 1.82) is 0 Å². The number of para-hydroxylation sites is 1. The van der Waals surface area contributed by atoms with Gasteiger partial charge in [0.15, 0.2) is 0 Å². The SMILES string of the molecule is O=C(c1ccccc1OCc1cn2ccccc2n1)N1CCN(Cc2ccccc2)CC1. The summed E-state index contributed by atoms with van der Waals surface area (Å²) in [6, 6.07) is 23.8. The van der Waals surface area contributed by atoms with Gasteiger partial charge in [-0.15, -0.1) is 0 Å². The molecule has 0 atom stereocenters. The van der Waals surface area contributed by atoms with E-state index in [-0.39, 0.29) is 5.91 Å². The molecule has 4 aromatic rings. The van der Waals surface area contributed by atoms with Crippen molar-refractivity contribution in [3.8, 4) is 5.75 Å². The second-order valence-corrected chi connectivity index (χ2v) is 8.04. The number of pyridine rings is 1. The Balaban J connectivity index is 1.22. The first-order chi connectivity index (χ1) is 15.8. The first-order valence-corrected chi connectivity index (χ1v) is 11.0. The molecule has 3 heterocycles. The first kappa shape index (κ1) is 20.3. The van der Waals surface area contributed by atoms with Crippen LogP contribution in [0.25, 0.3) is 5.65 Å². The van der Waals surface area contributed by atoms with Crippen LogP contribution in [0.1, 0.15) is 21.6 Å². The molecule has 6 nitrogen and oxygen atoms in total. The van der Waals surface area contributed by atoms with E-state index in [1.807, 2.05) is 70.2 Å². The quantitative estimate of drug-likeness (QED) is 0.470. The number of fused-ring (bicyclic) bond motifs is 1. The maximum Gasteiger partial charge on any atom is 0.257 e. The monoisotopic (exact) mass is 426 g/mol. The van der Waals surface area contributed by atoms with Crippen LogP contribution in [0, 0.1) is 0 Å². The Morgan fingerprint density at radius 1 is 0.875 bits per heavy atom. The summed E-state index contributed by atoms with van der Waals surface area (Å²) in [6.45, 7) is 4.40. The summed E-state index contributed by atoms with van der Waals surface area (Å²) >= 11 is 0. The van der Waals surface area contributed by atoms with Crippen LogP contribution in [-0.2, 0) is 13.2 Å². The van der Waals surface area contributed by atoms with Crippen LogP contribution in [-0.4, -0.2) is 51.3 Å². The van der Waals surface area contributed by atoms with Crippen molar-refractivity contribution in [2.24, 2.45) is 0 Å². The van der Waals surface area contributed by atoms with Crippen LogP contribution in [0.15, 0.2) is 85.2 Å². The maximum atomic E-state index is 13.2. The lowest BCUT2D eigenvalue weighted by Crippen LogP contribution is -2.48. The summed E-state index contributed by atoms with van der Waals surface area (Å²) in [4.78, 5) is 22.1. The smallest absolute Gasteiger partial charge is 0.257 e. The lowest BCUT2D eigenvalue weighted by atomic mass is 10.1. The lowest BCUT2D eigenvalue weighted by Gasteiger charge is -2.35. The van der Waals surface area contributed by atoms with Crippen LogP contribution in [0.3, 0.4) is 0 Å². The number of benzene rings is 2. The van der Waals surface area contributed by atoms with Crippen molar-refractivity contribution in [2.45, 2.75) is 13.2 Å². The molecular weight excluding hydrogens is 400 g/mol. The Bertz CT molecular complexity index is 1160. The van der Waals surface area contributed by atoms with E-state index in [4.69, 9.17) is 4.74 Å². The van der Waals surface area contributed by atoms with E-state index in [1.54, 1.807) is 0 Å². The standard InChI is InChI=1S/C26H26N4O2/c31-26(29-16-14-28(15-17-29)18-21-8-2-1-3-9-21)23-10-4-5-11-24(23)32-20-22-19-30-13-7-6-12-25(30)27-22/h1-13,19H,14-18,20H2. The van der Waals surface area contributed by atoms with E-state index < -0.39 is 0 Å². The third kappa shape index (κ3) is 4.50. The fourth-order valence-corrected chi connectivity index (χ4v) is 4.10. The third-order valence-electron chi connectivity index (χ3n) is 5.82. The normalized spacial score (nSPS) is 14.6. The average Bonchev–Trinajstić information content (AvgIpc) is 3.27. The van der Waals surface area contributed by atoms with E-state index in [2.05, 4.69) is 34.1 Å². The van der Waals surface area contributed by atoms with Crippen LogP contribution < -0.4 is 4.74 Å². The number of hydrogen-bond donors (Lipinski definition) is 0. The molecule has 2 aromatic carbocycles. The highest BCUT2D eigenvalue weighted by molar-refractivity contribution is 5.97. The number of amides is 1. The predicted molar refractivity (Wildman–Crippen MR) is 124 cm³/mol. The zero-order valence-corrected chi connectivity index (χ0v) is 17.9. The van der Waals surface area contributed by atoms with Gasteiger partial charge in [-0.1, -0.05) is 48.5 Å². The molecule has 0 saturated carbocycles. The number of aromatic nitrogens is 2. The molecule has 32 heavy (non-hydrogen) atoms.